The van der Waals surface area contributed by atoms with Gasteiger partial charge in [-0.3, -0.25) is 4.79 Å². The van der Waals surface area contributed by atoms with Crippen molar-refractivity contribution >= 4 is 5.91 Å². The summed E-state index contributed by atoms with van der Waals surface area (Å²) in [5, 5.41) is 2.95. The lowest BCUT2D eigenvalue weighted by molar-refractivity contribution is -0.130. The number of rotatable bonds is 6. The van der Waals surface area contributed by atoms with Crippen LogP contribution >= 0.6 is 0 Å². The number of nitrogens with zero attached hydrogens (tertiary/aromatic N) is 1. The third-order valence-electron chi connectivity index (χ3n) is 3.30. The summed E-state index contributed by atoms with van der Waals surface area (Å²) in [4.78, 5) is 14.1. The molecule has 19 heavy (non-hydrogen) atoms. The highest BCUT2D eigenvalue weighted by Crippen LogP contribution is 2.10. The van der Waals surface area contributed by atoms with Crippen LogP contribution in [-0.2, 0) is 9.53 Å². The molecule has 1 heterocycles. The van der Waals surface area contributed by atoms with Gasteiger partial charge in [-0.1, -0.05) is 13.3 Å². The van der Waals surface area contributed by atoms with Crippen molar-refractivity contribution < 1.29 is 9.53 Å². The minimum Gasteiger partial charge on any atom is -0.366 e. The first-order valence-electron chi connectivity index (χ1n) is 7.50. The van der Waals surface area contributed by atoms with Crippen LogP contribution in [0, 0.1) is 5.92 Å². The lowest BCUT2D eigenvalue weighted by Gasteiger charge is -2.29. The second kappa shape index (κ2) is 7.85. The van der Waals surface area contributed by atoms with Crippen molar-refractivity contribution in [1.29, 1.82) is 0 Å². The van der Waals surface area contributed by atoms with E-state index in [0.29, 0.717) is 5.92 Å². The summed E-state index contributed by atoms with van der Waals surface area (Å²) in [6.07, 6.45) is 4.00. The van der Waals surface area contributed by atoms with Gasteiger partial charge in [-0.15, -0.1) is 0 Å². The standard InChI is InChI=1S/C15H30N2O2/c1-13(11-17-8-6-5-7-9-17)10-16-14(18)12-19-15(2,3)4/h13H,5-12H2,1-4H3,(H,16,18). The van der Waals surface area contributed by atoms with Crippen LogP contribution in [0.2, 0.25) is 0 Å². The SMILES string of the molecule is CC(CNC(=O)COC(C)(C)C)CN1CCCCC1. The molecule has 1 amide bonds. The summed E-state index contributed by atoms with van der Waals surface area (Å²) in [7, 11) is 0. The molecule has 1 N–H and O–H groups in total. The molecule has 1 aliphatic heterocycles. The summed E-state index contributed by atoms with van der Waals surface area (Å²) >= 11 is 0. The van der Waals surface area contributed by atoms with Crippen molar-refractivity contribution in [3.8, 4) is 0 Å². The maximum Gasteiger partial charge on any atom is 0.246 e. The average molecular weight is 270 g/mol. The molecule has 1 fully saturated rings. The second-order valence-corrected chi connectivity index (χ2v) is 6.67. The zero-order chi connectivity index (χ0) is 14.3. The summed E-state index contributed by atoms with van der Waals surface area (Å²) in [5.41, 5.74) is -0.253. The predicted molar refractivity (Wildman–Crippen MR) is 78.2 cm³/mol. The predicted octanol–water partition coefficient (Wildman–Crippen LogP) is 2.04. The molecule has 0 aromatic carbocycles. The topological polar surface area (TPSA) is 41.6 Å². The van der Waals surface area contributed by atoms with E-state index in [0.717, 1.165) is 13.1 Å². The fraction of sp³-hybridized carbons (Fsp3) is 0.933. The molecule has 0 spiro atoms. The monoisotopic (exact) mass is 270 g/mol. The van der Waals surface area contributed by atoms with Gasteiger partial charge in [-0.25, -0.2) is 0 Å². The van der Waals surface area contributed by atoms with Crippen LogP contribution in [-0.4, -0.2) is 49.2 Å². The van der Waals surface area contributed by atoms with Crippen LogP contribution in [0.3, 0.4) is 0 Å². The molecule has 1 unspecified atom stereocenters. The molecule has 1 rings (SSSR count). The van der Waals surface area contributed by atoms with E-state index in [1.165, 1.54) is 32.4 Å². The van der Waals surface area contributed by atoms with E-state index in [4.69, 9.17) is 4.74 Å². The van der Waals surface area contributed by atoms with Gasteiger partial charge in [0.15, 0.2) is 0 Å². The largest absolute Gasteiger partial charge is 0.366 e. The zero-order valence-corrected chi connectivity index (χ0v) is 13.0. The summed E-state index contributed by atoms with van der Waals surface area (Å²) < 4.78 is 5.45. The van der Waals surface area contributed by atoms with E-state index in [1.54, 1.807) is 0 Å². The molecule has 1 saturated heterocycles. The van der Waals surface area contributed by atoms with E-state index in [-0.39, 0.29) is 18.1 Å². The quantitative estimate of drug-likeness (QED) is 0.803. The zero-order valence-electron chi connectivity index (χ0n) is 13.0. The smallest absolute Gasteiger partial charge is 0.246 e. The van der Waals surface area contributed by atoms with E-state index in [2.05, 4.69) is 17.1 Å². The molecule has 0 radical (unpaired) electrons. The number of ether oxygens (including phenoxy) is 1. The molecule has 4 nitrogen and oxygen atoms in total. The summed E-state index contributed by atoms with van der Waals surface area (Å²) in [5.74, 6) is 0.483. The van der Waals surface area contributed by atoms with Gasteiger partial charge in [-0.05, 0) is 52.6 Å². The van der Waals surface area contributed by atoms with Crippen molar-refractivity contribution in [3.05, 3.63) is 0 Å². The van der Waals surface area contributed by atoms with Gasteiger partial charge >= 0.3 is 0 Å². The minimum absolute atomic E-state index is 0.0135. The van der Waals surface area contributed by atoms with Gasteiger partial charge < -0.3 is 15.0 Å². The fourth-order valence-electron chi connectivity index (χ4n) is 2.27. The molecule has 1 atom stereocenters. The Bertz CT molecular complexity index is 268. The third kappa shape index (κ3) is 8.22. The third-order valence-corrected chi connectivity index (χ3v) is 3.30. The van der Waals surface area contributed by atoms with Crippen molar-refractivity contribution in [1.82, 2.24) is 10.2 Å². The molecule has 0 saturated carbocycles. The second-order valence-electron chi connectivity index (χ2n) is 6.67. The highest BCUT2D eigenvalue weighted by atomic mass is 16.5. The molecular formula is C15H30N2O2. The highest BCUT2D eigenvalue weighted by Gasteiger charge is 2.15. The minimum atomic E-state index is -0.253. The Morgan fingerprint density at radius 3 is 2.47 bits per heavy atom. The lowest BCUT2D eigenvalue weighted by atomic mass is 10.1. The van der Waals surface area contributed by atoms with Gasteiger partial charge in [0.25, 0.3) is 0 Å². The number of hydrogen-bond acceptors (Lipinski definition) is 3. The normalized spacial score (nSPS) is 19.2. The highest BCUT2D eigenvalue weighted by molar-refractivity contribution is 5.77. The molecule has 1 aliphatic rings. The first kappa shape index (κ1) is 16.4. The van der Waals surface area contributed by atoms with Gasteiger partial charge in [0.1, 0.15) is 6.61 Å². The maximum absolute atomic E-state index is 11.6. The number of carbonyl (C=O) groups excluding carboxylic acids is 1. The van der Waals surface area contributed by atoms with Gasteiger partial charge in [0, 0.05) is 13.1 Å². The average Bonchev–Trinajstić information content (AvgIpc) is 2.34. The Labute approximate surface area is 117 Å². The van der Waals surface area contributed by atoms with Crippen LogP contribution in [0.5, 0.6) is 0 Å². The van der Waals surface area contributed by atoms with Crippen molar-refractivity contribution in [2.45, 2.75) is 52.6 Å². The fourth-order valence-corrected chi connectivity index (χ4v) is 2.27. The van der Waals surface area contributed by atoms with Gasteiger partial charge in [0.05, 0.1) is 5.60 Å². The number of likely N-dealkylation sites (tertiary alicyclic amines) is 1. The van der Waals surface area contributed by atoms with Crippen molar-refractivity contribution in [2.75, 3.05) is 32.8 Å². The van der Waals surface area contributed by atoms with Crippen molar-refractivity contribution in [3.63, 3.8) is 0 Å². The van der Waals surface area contributed by atoms with E-state index >= 15 is 0 Å². The molecule has 112 valence electrons. The molecule has 0 aromatic rings. The number of nitrogens with one attached hydrogen (secondary N) is 1. The number of carbonyl (C=O) groups is 1. The Kier molecular flexibility index (Phi) is 6.80. The summed E-state index contributed by atoms with van der Waals surface area (Å²) in [6, 6.07) is 0. The Hall–Kier alpha value is -0.610. The molecule has 0 aromatic heterocycles. The van der Waals surface area contributed by atoms with Crippen LogP contribution in [0.15, 0.2) is 0 Å². The molecule has 0 bridgehead atoms. The number of hydrogen-bond donors (Lipinski definition) is 1. The van der Waals surface area contributed by atoms with E-state index in [9.17, 15) is 4.79 Å². The van der Waals surface area contributed by atoms with Crippen LogP contribution in [0.4, 0.5) is 0 Å². The maximum atomic E-state index is 11.6. The summed E-state index contributed by atoms with van der Waals surface area (Å²) in [6.45, 7) is 12.5. The molecule has 0 aliphatic carbocycles. The lowest BCUT2D eigenvalue weighted by Crippen LogP contribution is -2.39. The Balaban J connectivity index is 2.11. The van der Waals surface area contributed by atoms with Crippen LogP contribution in [0.25, 0.3) is 0 Å². The Morgan fingerprint density at radius 1 is 1.26 bits per heavy atom. The molecular weight excluding hydrogens is 240 g/mol. The van der Waals surface area contributed by atoms with E-state index in [1.807, 2.05) is 20.8 Å². The number of piperidine rings is 1. The van der Waals surface area contributed by atoms with Gasteiger partial charge in [0.2, 0.25) is 5.91 Å². The van der Waals surface area contributed by atoms with Gasteiger partial charge in [-0.2, -0.15) is 0 Å². The first-order chi connectivity index (χ1) is 8.87. The number of amides is 1. The van der Waals surface area contributed by atoms with Crippen LogP contribution in [0.1, 0.15) is 47.0 Å². The van der Waals surface area contributed by atoms with Crippen LogP contribution < -0.4 is 5.32 Å². The van der Waals surface area contributed by atoms with E-state index < -0.39 is 0 Å². The van der Waals surface area contributed by atoms with Crippen molar-refractivity contribution in [2.24, 2.45) is 5.92 Å². The Morgan fingerprint density at radius 2 is 1.89 bits per heavy atom. The molecule has 4 heteroatoms. The first-order valence-corrected chi connectivity index (χ1v) is 7.50.